The Labute approximate surface area is 110 Å². The molecular formula is C13H18BrNO2. The summed E-state index contributed by atoms with van der Waals surface area (Å²) >= 11 is 3.33. The predicted octanol–water partition coefficient (Wildman–Crippen LogP) is 2.59. The molecule has 0 fully saturated rings. The van der Waals surface area contributed by atoms with Gasteiger partial charge in [-0.15, -0.1) is 0 Å². The largest absolute Gasteiger partial charge is 0.396 e. The lowest BCUT2D eigenvalue weighted by Crippen LogP contribution is -2.34. The van der Waals surface area contributed by atoms with Gasteiger partial charge in [0, 0.05) is 23.2 Å². The second-order valence-corrected chi connectivity index (χ2v) is 5.74. The van der Waals surface area contributed by atoms with Gasteiger partial charge in [-0.05, 0) is 36.1 Å². The third kappa shape index (κ3) is 4.88. The van der Waals surface area contributed by atoms with Gasteiger partial charge in [0.05, 0.1) is 0 Å². The minimum absolute atomic E-state index is 0.0801. The van der Waals surface area contributed by atoms with Crippen LogP contribution in [0.3, 0.4) is 0 Å². The van der Waals surface area contributed by atoms with E-state index < -0.39 is 0 Å². The van der Waals surface area contributed by atoms with E-state index >= 15 is 0 Å². The fourth-order valence-electron chi connectivity index (χ4n) is 1.41. The van der Waals surface area contributed by atoms with E-state index in [9.17, 15) is 4.79 Å². The number of aliphatic hydroxyl groups is 1. The van der Waals surface area contributed by atoms with Crippen molar-refractivity contribution in [3.63, 3.8) is 0 Å². The van der Waals surface area contributed by atoms with E-state index in [0.717, 1.165) is 4.47 Å². The van der Waals surface area contributed by atoms with E-state index in [1.165, 1.54) is 0 Å². The molecule has 0 aliphatic rings. The summed E-state index contributed by atoms with van der Waals surface area (Å²) in [4.78, 5) is 11.8. The van der Waals surface area contributed by atoms with Crippen molar-refractivity contribution in [2.24, 2.45) is 5.41 Å². The van der Waals surface area contributed by atoms with Gasteiger partial charge in [0.1, 0.15) is 0 Å². The summed E-state index contributed by atoms with van der Waals surface area (Å²) in [7, 11) is 0. The van der Waals surface area contributed by atoms with Gasteiger partial charge in [-0.3, -0.25) is 4.79 Å². The first-order valence-corrected chi connectivity index (χ1v) is 6.38. The minimum Gasteiger partial charge on any atom is -0.396 e. The van der Waals surface area contributed by atoms with Crippen molar-refractivity contribution in [1.82, 2.24) is 5.32 Å². The molecule has 1 aromatic carbocycles. The average Bonchev–Trinajstić information content (AvgIpc) is 2.27. The maximum Gasteiger partial charge on any atom is 0.251 e. The molecule has 0 aromatic heterocycles. The Balaban J connectivity index is 2.53. The molecule has 4 heteroatoms. The molecule has 0 saturated carbocycles. The SMILES string of the molecule is CC(C)(CCO)CNC(=O)c1ccc(Br)cc1. The topological polar surface area (TPSA) is 49.3 Å². The third-order valence-corrected chi connectivity index (χ3v) is 3.15. The van der Waals surface area contributed by atoms with Gasteiger partial charge in [-0.2, -0.15) is 0 Å². The minimum atomic E-state index is -0.0836. The molecular weight excluding hydrogens is 282 g/mol. The Kier molecular flexibility index (Phi) is 5.15. The Hall–Kier alpha value is -0.870. The Morgan fingerprint density at radius 2 is 1.94 bits per heavy atom. The van der Waals surface area contributed by atoms with Gasteiger partial charge >= 0.3 is 0 Å². The molecule has 0 unspecified atom stereocenters. The molecule has 0 spiro atoms. The smallest absolute Gasteiger partial charge is 0.251 e. The highest BCUT2D eigenvalue weighted by molar-refractivity contribution is 9.10. The van der Waals surface area contributed by atoms with Gasteiger partial charge in [0.25, 0.3) is 5.91 Å². The van der Waals surface area contributed by atoms with E-state index in [0.29, 0.717) is 18.5 Å². The quantitative estimate of drug-likeness (QED) is 0.878. The number of carbonyl (C=O) groups is 1. The van der Waals surface area contributed by atoms with Crippen LogP contribution in [-0.2, 0) is 0 Å². The second-order valence-electron chi connectivity index (χ2n) is 4.83. The fraction of sp³-hybridized carbons (Fsp3) is 0.462. The summed E-state index contributed by atoms with van der Waals surface area (Å²) < 4.78 is 0.953. The van der Waals surface area contributed by atoms with Crippen LogP contribution >= 0.6 is 15.9 Å². The van der Waals surface area contributed by atoms with Crippen molar-refractivity contribution < 1.29 is 9.90 Å². The summed E-state index contributed by atoms with van der Waals surface area (Å²) in [5, 5.41) is 11.8. The maximum absolute atomic E-state index is 11.8. The van der Waals surface area contributed by atoms with Crippen molar-refractivity contribution >= 4 is 21.8 Å². The molecule has 0 heterocycles. The Morgan fingerprint density at radius 1 is 1.35 bits per heavy atom. The summed E-state index contributed by atoms with van der Waals surface area (Å²) in [5.41, 5.74) is 0.563. The van der Waals surface area contributed by atoms with Crippen LogP contribution in [0.25, 0.3) is 0 Å². The molecule has 94 valence electrons. The molecule has 1 amide bonds. The number of hydrogen-bond donors (Lipinski definition) is 2. The van der Waals surface area contributed by atoms with Crippen molar-refractivity contribution in [1.29, 1.82) is 0 Å². The van der Waals surface area contributed by atoms with Crippen LogP contribution in [0.4, 0.5) is 0 Å². The number of rotatable bonds is 5. The zero-order chi connectivity index (χ0) is 12.9. The lowest BCUT2D eigenvalue weighted by Gasteiger charge is -2.23. The second kappa shape index (κ2) is 6.17. The first-order chi connectivity index (χ1) is 7.94. The lowest BCUT2D eigenvalue weighted by atomic mass is 9.89. The van der Waals surface area contributed by atoms with Crippen LogP contribution in [0.2, 0.25) is 0 Å². The maximum atomic E-state index is 11.8. The molecule has 0 radical (unpaired) electrons. The van der Waals surface area contributed by atoms with Gasteiger partial charge in [0.15, 0.2) is 0 Å². The van der Waals surface area contributed by atoms with Gasteiger partial charge in [-0.1, -0.05) is 29.8 Å². The number of carbonyl (C=O) groups excluding carboxylic acids is 1. The molecule has 17 heavy (non-hydrogen) atoms. The van der Waals surface area contributed by atoms with Crippen LogP contribution in [0, 0.1) is 5.41 Å². The molecule has 0 bridgehead atoms. The van der Waals surface area contributed by atoms with Crippen molar-refractivity contribution in [2.45, 2.75) is 20.3 Å². The summed E-state index contributed by atoms with van der Waals surface area (Å²) in [6.45, 7) is 4.74. The van der Waals surface area contributed by atoms with E-state index in [1.807, 2.05) is 26.0 Å². The van der Waals surface area contributed by atoms with Crippen LogP contribution in [0.5, 0.6) is 0 Å². The molecule has 1 aromatic rings. The molecule has 3 nitrogen and oxygen atoms in total. The lowest BCUT2D eigenvalue weighted by molar-refractivity contribution is 0.0928. The molecule has 2 N–H and O–H groups in total. The van der Waals surface area contributed by atoms with Gasteiger partial charge < -0.3 is 10.4 Å². The molecule has 0 saturated heterocycles. The van der Waals surface area contributed by atoms with Crippen LogP contribution in [0.1, 0.15) is 30.6 Å². The first-order valence-electron chi connectivity index (χ1n) is 5.59. The number of nitrogens with one attached hydrogen (secondary N) is 1. The highest BCUT2D eigenvalue weighted by Gasteiger charge is 2.18. The van der Waals surface area contributed by atoms with E-state index in [-0.39, 0.29) is 17.9 Å². The number of amides is 1. The standard InChI is InChI=1S/C13H18BrNO2/c1-13(2,7-8-16)9-15-12(17)10-3-5-11(14)6-4-10/h3-6,16H,7-9H2,1-2H3,(H,15,17). The number of aliphatic hydroxyl groups excluding tert-OH is 1. The molecule has 0 aliphatic heterocycles. The summed E-state index contributed by atoms with van der Waals surface area (Å²) in [5.74, 6) is -0.0801. The van der Waals surface area contributed by atoms with Crippen molar-refractivity contribution in [2.75, 3.05) is 13.2 Å². The van der Waals surface area contributed by atoms with E-state index in [2.05, 4.69) is 21.2 Å². The normalized spacial score (nSPS) is 11.3. The van der Waals surface area contributed by atoms with Crippen LogP contribution in [-0.4, -0.2) is 24.2 Å². The van der Waals surface area contributed by atoms with Crippen molar-refractivity contribution in [3.05, 3.63) is 34.3 Å². The van der Waals surface area contributed by atoms with Crippen LogP contribution in [0.15, 0.2) is 28.7 Å². The predicted molar refractivity (Wildman–Crippen MR) is 72.0 cm³/mol. The van der Waals surface area contributed by atoms with Gasteiger partial charge in [-0.25, -0.2) is 0 Å². The molecule has 0 atom stereocenters. The van der Waals surface area contributed by atoms with E-state index in [1.54, 1.807) is 12.1 Å². The number of hydrogen-bond acceptors (Lipinski definition) is 2. The highest BCUT2D eigenvalue weighted by atomic mass is 79.9. The monoisotopic (exact) mass is 299 g/mol. The molecule has 1 rings (SSSR count). The van der Waals surface area contributed by atoms with Gasteiger partial charge in [0.2, 0.25) is 0 Å². The average molecular weight is 300 g/mol. The first kappa shape index (κ1) is 14.2. The number of halogens is 1. The van der Waals surface area contributed by atoms with Crippen molar-refractivity contribution in [3.8, 4) is 0 Å². The summed E-state index contributed by atoms with van der Waals surface area (Å²) in [6.07, 6.45) is 0.674. The van der Waals surface area contributed by atoms with Crippen LogP contribution < -0.4 is 5.32 Å². The third-order valence-electron chi connectivity index (χ3n) is 2.62. The number of benzene rings is 1. The zero-order valence-corrected chi connectivity index (χ0v) is 11.8. The van der Waals surface area contributed by atoms with E-state index in [4.69, 9.17) is 5.11 Å². The zero-order valence-electron chi connectivity index (χ0n) is 10.2. The summed E-state index contributed by atoms with van der Waals surface area (Å²) in [6, 6.07) is 7.23. The highest BCUT2D eigenvalue weighted by Crippen LogP contribution is 2.18. The molecule has 0 aliphatic carbocycles. The fourth-order valence-corrected chi connectivity index (χ4v) is 1.68. The Morgan fingerprint density at radius 3 is 2.47 bits per heavy atom. The Bertz CT molecular complexity index is 374.